The van der Waals surface area contributed by atoms with E-state index in [0.717, 1.165) is 12.2 Å². The van der Waals surface area contributed by atoms with Crippen molar-refractivity contribution in [3.05, 3.63) is 28.8 Å². The Labute approximate surface area is 130 Å². The van der Waals surface area contributed by atoms with Crippen molar-refractivity contribution in [1.82, 2.24) is 5.32 Å². The molecule has 2 nitrogen and oxygen atoms in total. The first-order valence-corrected chi connectivity index (χ1v) is 8.07. The maximum Gasteiger partial charge on any atom is 0.128 e. The lowest BCUT2D eigenvalue weighted by molar-refractivity contribution is 0.164. The lowest BCUT2D eigenvalue weighted by Gasteiger charge is -2.36. The molecule has 2 atom stereocenters. The van der Waals surface area contributed by atoms with E-state index >= 15 is 0 Å². The molecule has 118 valence electrons. The first kappa shape index (κ1) is 16.4. The maximum absolute atomic E-state index is 6.25. The van der Waals surface area contributed by atoms with Gasteiger partial charge in [0.15, 0.2) is 0 Å². The second-order valence-corrected chi connectivity index (χ2v) is 8.45. The van der Waals surface area contributed by atoms with Crippen LogP contribution in [0, 0.1) is 0 Å². The average molecular weight is 289 g/mol. The molecule has 2 unspecified atom stereocenters. The van der Waals surface area contributed by atoms with Gasteiger partial charge in [0.25, 0.3) is 0 Å². The molecule has 0 amide bonds. The van der Waals surface area contributed by atoms with Crippen LogP contribution in [0.25, 0.3) is 0 Å². The summed E-state index contributed by atoms with van der Waals surface area (Å²) in [5.41, 5.74) is 4.28. The van der Waals surface area contributed by atoms with E-state index in [4.69, 9.17) is 4.74 Å². The lowest BCUT2D eigenvalue weighted by atomic mass is 9.77. The van der Waals surface area contributed by atoms with Gasteiger partial charge in [-0.1, -0.05) is 47.6 Å². The minimum absolute atomic E-state index is 0.0840. The minimum atomic E-state index is 0.0840. The van der Waals surface area contributed by atoms with Gasteiger partial charge in [-0.3, -0.25) is 0 Å². The Hall–Kier alpha value is -1.02. The summed E-state index contributed by atoms with van der Waals surface area (Å²) < 4.78 is 6.25. The fourth-order valence-corrected chi connectivity index (χ4v) is 3.01. The molecule has 2 heteroatoms. The molecule has 2 rings (SSSR count). The number of fused-ring (bicyclic) bond motifs is 1. The zero-order chi connectivity index (χ0) is 16.0. The molecule has 1 aromatic carbocycles. The van der Waals surface area contributed by atoms with Crippen molar-refractivity contribution >= 4 is 0 Å². The predicted molar refractivity (Wildman–Crippen MR) is 90.3 cm³/mol. The van der Waals surface area contributed by atoms with Crippen LogP contribution in [0.4, 0.5) is 0 Å². The summed E-state index contributed by atoms with van der Waals surface area (Å²) in [6.45, 7) is 15.8. The van der Waals surface area contributed by atoms with Gasteiger partial charge in [-0.25, -0.2) is 0 Å². The van der Waals surface area contributed by atoms with E-state index in [-0.39, 0.29) is 16.9 Å². The van der Waals surface area contributed by atoms with E-state index in [1.165, 1.54) is 16.7 Å². The molecule has 0 fully saturated rings. The molecule has 0 saturated carbocycles. The minimum Gasteiger partial charge on any atom is -0.490 e. The fourth-order valence-electron chi connectivity index (χ4n) is 3.01. The van der Waals surface area contributed by atoms with Crippen molar-refractivity contribution in [1.29, 1.82) is 0 Å². The van der Waals surface area contributed by atoms with Crippen LogP contribution < -0.4 is 10.1 Å². The number of hydrogen-bond acceptors (Lipinski definition) is 2. The molecule has 0 spiro atoms. The lowest BCUT2D eigenvalue weighted by Crippen LogP contribution is -2.32. The van der Waals surface area contributed by atoms with Gasteiger partial charge < -0.3 is 10.1 Å². The van der Waals surface area contributed by atoms with Crippen LogP contribution in [-0.2, 0) is 10.8 Å². The normalized spacial score (nSPS) is 22.7. The summed E-state index contributed by atoms with van der Waals surface area (Å²) in [6.07, 6.45) is 1.29. The Kier molecular flexibility index (Phi) is 4.14. The molecular formula is C19H31NO. The average Bonchev–Trinajstić information content (AvgIpc) is 2.34. The van der Waals surface area contributed by atoms with E-state index in [1.54, 1.807) is 0 Å². The van der Waals surface area contributed by atoms with Crippen LogP contribution in [0.5, 0.6) is 5.75 Å². The van der Waals surface area contributed by atoms with E-state index < -0.39 is 0 Å². The molecule has 0 saturated heterocycles. The van der Waals surface area contributed by atoms with Crippen LogP contribution >= 0.6 is 0 Å². The second-order valence-electron chi connectivity index (χ2n) is 8.45. The van der Waals surface area contributed by atoms with Crippen molar-refractivity contribution in [3.8, 4) is 5.75 Å². The third kappa shape index (κ3) is 3.26. The third-order valence-corrected chi connectivity index (χ3v) is 4.40. The summed E-state index contributed by atoms with van der Waals surface area (Å²) in [6, 6.07) is 5.08. The van der Waals surface area contributed by atoms with Crippen molar-refractivity contribution in [2.75, 3.05) is 7.05 Å². The molecule has 0 aromatic heterocycles. The molecule has 21 heavy (non-hydrogen) atoms. The van der Waals surface area contributed by atoms with E-state index in [9.17, 15) is 0 Å². The Morgan fingerprint density at radius 3 is 2.14 bits per heavy atom. The van der Waals surface area contributed by atoms with Gasteiger partial charge >= 0.3 is 0 Å². The summed E-state index contributed by atoms with van der Waals surface area (Å²) in [7, 11) is 2.05. The highest BCUT2D eigenvalue weighted by atomic mass is 16.5. The number of nitrogens with one attached hydrogen (secondary N) is 1. The summed E-state index contributed by atoms with van der Waals surface area (Å²) in [4.78, 5) is 0. The maximum atomic E-state index is 6.25. The molecule has 1 heterocycles. The zero-order valence-corrected chi connectivity index (χ0v) is 14.9. The molecular weight excluding hydrogens is 258 g/mol. The van der Waals surface area contributed by atoms with Gasteiger partial charge in [-0.15, -0.1) is 0 Å². The molecule has 1 aromatic rings. The summed E-state index contributed by atoms with van der Waals surface area (Å²) in [5, 5.41) is 3.47. The smallest absolute Gasteiger partial charge is 0.128 e. The number of ether oxygens (including phenoxy) is 1. The number of hydrogen-bond donors (Lipinski definition) is 1. The Balaban J connectivity index is 2.70. The first-order chi connectivity index (χ1) is 9.54. The Morgan fingerprint density at radius 2 is 1.67 bits per heavy atom. The van der Waals surface area contributed by atoms with Crippen molar-refractivity contribution < 1.29 is 4.74 Å². The molecule has 1 N–H and O–H groups in total. The highest BCUT2D eigenvalue weighted by Crippen LogP contribution is 2.44. The quantitative estimate of drug-likeness (QED) is 0.808. The number of benzene rings is 1. The standard InChI is InChI=1S/C19H31NO/c1-12-9-16(20-8)14-10-13(18(2,3)4)11-15(17(14)21-12)19(5,6)7/h10-12,16,20H,9H2,1-8H3. The van der Waals surface area contributed by atoms with Crippen LogP contribution in [0.15, 0.2) is 12.1 Å². The van der Waals surface area contributed by atoms with Crippen LogP contribution in [0.1, 0.15) is 77.6 Å². The highest BCUT2D eigenvalue weighted by Gasteiger charge is 2.32. The topological polar surface area (TPSA) is 21.3 Å². The van der Waals surface area contributed by atoms with Crippen molar-refractivity contribution in [2.24, 2.45) is 0 Å². The van der Waals surface area contributed by atoms with Crippen LogP contribution in [-0.4, -0.2) is 13.2 Å². The summed E-state index contributed by atoms with van der Waals surface area (Å²) >= 11 is 0. The molecule has 0 aliphatic carbocycles. The summed E-state index contributed by atoms with van der Waals surface area (Å²) in [5.74, 6) is 1.11. The van der Waals surface area contributed by atoms with Crippen LogP contribution in [0.3, 0.4) is 0 Å². The van der Waals surface area contributed by atoms with E-state index in [2.05, 4.69) is 65.9 Å². The van der Waals surface area contributed by atoms with Gasteiger partial charge in [0.2, 0.25) is 0 Å². The first-order valence-electron chi connectivity index (χ1n) is 8.07. The van der Waals surface area contributed by atoms with Gasteiger partial charge in [0, 0.05) is 23.6 Å². The molecule has 0 bridgehead atoms. The zero-order valence-electron chi connectivity index (χ0n) is 14.9. The van der Waals surface area contributed by atoms with Gasteiger partial charge in [0.1, 0.15) is 5.75 Å². The second kappa shape index (κ2) is 5.31. The van der Waals surface area contributed by atoms with E-state index in [1.807, 2.05) is 7.05 Å². The predicted octanol–water partition coefficient (Wildman–Crippen LogP) is 4.71. The Bertz CT molecular complexity index is 520. The third-order valence-electron chi connectivity index (χ3n) is 4.40. The highest BCUT2D eigenvalue weighted by molar-refractivity contribution is 5.52. The molecule has 1 aliphatic heterocycles. The largest absolute Gasteiger partial charge is 0.490 e. The monoisotopic (exact) mass is 289 g/mol. The molecule has 1 aliphatic rings. The van der Waals surface area contributed by atoms with Crippen molar-refractivity contribution in [2.45, 2.75) is 77.9 Å². The SMILES string of the molecule is CNC1CC(C)Oc2c1cc(C(C)(C)C)cc2C(C)(C)C. The fraction of sp³-hybridized carbons (Fsp3) is 0.684. The van der Waals surface area contributed by atoms with Gasteiger partial charge in [-0.05, 0) is 36.4 Å². The Morgan fingerprint density at radius 1 is 1.05 bits per heavy atom. The van der Waals surface area contributed by atoms with Crippen LogP contribution in [0.2, 0.25) is 0 Å². The number of rotatable bonds is 1. The van der Waals surface area contributed by atoms with Gasteiger partial charge in [0.05, 0.1) is 6.10 Å². The van der Waals surface area contributed by atoms with E-state index in [0.29, 0.717) is 6.04 Å². The van der Waals surface area contributed by atoms with Crippen molar-refractivity contribution in [3.63, 3.8) is 0 Å². The molecule has 0 radical (unpaired) electrons. The van der Waals surface area contributed by atoms with Gasteiger partial charge in [-0.2, -0.15) is 0 Å².